The zero-order valence-corrected chi connectivity index (χ0v) is 21.1. The summed E-state index contributed by atoms with van der Waals surface area (Å²) < 4.78 is 12.5. The number of hydrogen-bond donors (Lipinski definition) is 2. The quantitative estimate of drug-likeness (QED) is 0.582. The van der Waals surface area contributed by atoms with Gasteiger partial charge in [-0.15, -0.1) is 0 Å². The molecule has 1 aromatic rings. The Morgan fingerprint density at radius 1 is 1.03 bits per heavy atom. The first-order chi connectivity index (χ1) is 16.7. The minimum Gasteiger partial charge on any atom is -0.484 e. The van der Waals surface area contributed by atoms with E-state index in [0.29, 0.717) is 30.0 Å². The molecule has 5 saturated carbocycles. The first kappa shape index (κ1) is 23.7. The molecule has 1 aliphatic heterocycles. The lowest BCUT2D eigenvalue weighted by Gasteiger charge is -2.57. The number of carbonyl (C=O) groups is 1. The van der Waals surface area contributed by atoms with Gasteiger partial charge in [0.1, 0.15) is 5.75 Å². The summed E-state index contributed by atoms with van der Waals surface area (Å²) in [6, 6.07) is 8.14. The highest BCUT2D eigenvalue weighted by atomic mass is 17.3. The van der Waals surface area contributed by atoms with Crippen LogP contribution in [0.3, 0.4) is 0 Å². The lowest BCUT2D eigenvalue weighted by Crippen LogP contribution is -2.59. The van der Waals surface area contributed by atoms with Crippen LogP contribution in [0.2, 0.25) is 0 Å². The van der Waals surface area contributed by atoms with Gasteiger partial charge in [0.05, 0.1) is 0 Å². The molecule has 1 heterocycles. The number of rotatable bonds is 6. The van der Waals surface area contributed by atoms with E-state index < -0.39 is 17.1 Å². The molecule has 1 saturated heterocycles. The van der Waals surface area contributed by atoms with Crippen LogP contribution in [0, 0.1) is 23.7 Å². The van der Waals surface area contributed by atoms with Crippen LogP contribution in [0.25, 0.3) is 0 Å². The molecule has 0 unspecified atom stereocenters. The van der Waals surface area contributed by atoms with Crippen LogP contribution in [-0.4, -0.2) is 36.2 Å². The molecule has 192 valence electrons. The molecule has 7 rings (SSSR count). The minimum absolute atomic E-state index is 0.0126. The molecule has 6 aliphatic rings. The van der Waals surface area contributed by atoms with Crippen molar-refractivity contribution in [1.82, 2.24) is 5.32 Å². The number of ether oxygens (including phenoxy) is 2. The number of nitrogens with one attached hydrogen (secondary N) is 1. The van der Waals surface area contributed by atoms with Crippen molar-refractivity contribution in [2.45, 2.75) is 94.7 Å². The SMILES string of the molecule is CC(C)(N)CNC(=O)COc1ccc(C2CCC3(CC2)OOC2(O3)C3CC4CC(C3)CC2C4)cc1. The molecule has 5 aliphatic carbocycles. The molecule has 35 heavy (non-hydrogen) atoms. The van der Waals surface area contributed by atoms with Crippen LogP contribution >= 0.6 is 0 Å². The van der Waals surface area contributed by atoms with E-state index in [1.165, 1.54) is 37.7 Å². The zero-order chi connectivity index (χ0) is 24.3. The van der Waals surface area contributed by atoms with Crippen molar-refractivity contribution >= 4 is 5.91 Å². The van der Waals surface area contributed by atoms with Gasteiger partial charge in [0.25, 0.3) is 5.91 Å². The summed E-state index contributed by atoms with van der Waals surface area (Å²) in [5, 5.41) is 2.80. The van der Waals surface area contributed by atoms with E-state index in [4.69, 9.17) is 25.0 Å². The maximum atomic E-state index is 12.0. The molecule has 0 radical (unpaired) electrons. The summed E-state index contributed by atoms with van der Waals surface area (Å²) >= 11 is 0. The highest BCUT2D eigenvalue weighted by Crippen LogP contribution is 2.64. The minimum atomic E-state index is -0.569. The summed E-state index contributed by atoms with van der Waals surface area (Å²) in [5.41, 5.74) is 6.76. The fraction of sp³-hybridized carbons (Fsp3) is 0.750. The third-order valence-electron chi connectivity index (χ3n) is 9.16. The molecule has 7 nitrogen and oxygen atoms in total. The summed E-state index contributed by atoms with van der Waals surface area (Å²) in [6.45, 7) is 4.15. The lowest BCUT2D eigenvalue weighted by molar-refractivity contribution is -0.390. The Morgan fingerprint density at radius 2 is 1.66 bits per heavy atom. The van der Waals surface area contributed by atoms with E-state index in [0.717, 1.165) is 37.5 Å². The van der Waals surface area contributed by atoms with Crippen molar-refractivity contribution < 1.29 is 24.0 Å². The summed E-state index contributed by atoms with van der Waals surface area (Å²) in [5.74, 6) is 2.71. The Balaban J connectivity index is 1.01. The van der Waals surface area contributed by atoms with E-state index in [2.05, 4.69) is 17.4 Å². The van der Waals surface area contributed by atoms with Gasteiger partial charge in [0, 0.05) is 36.8 Å². The summed E-state index contributed by atoms with van der Waals surface area (Å²) in [7, 11) is 0. The third kappa shape index (κ3) is 4.61. The largest absolute Gasteiger partial charge is 0.484 e. The molecule has 4 bridgehead atoms. The van der Waals surface area contributed by atoms with Gasteiger partial charge < -0.3 is 20.5 Å². The van der Waals surface area contributed by atoms with Crippen LogP contribution in [0.4, 0.5) is 0 Å². The van der Waals surface area contributed by atoms with E-state index in [1.807, 2.05) is 26.0 Å². The first-order valence-electron chi connectivity index (χ1n) is 13.6. The van der Waals surface area contributed by atoms with Gasteiger partial charge in [0.2, 0.25) is 11.6 Å². The van der Waals surface area contributed by atoms with Gasteiger partial charge in [-0.2, -0.15) is 9.78 Å². The second kappa shape index (κ2) is 8.72. The van der Waals surface area contributed by atoms with Gasteiger partial charge >= 0.3 is 0 Å². The van der Waals surface area contributed by atoms with Crippen molar-refractivity contribution in [3.8, 4) is 5.75 Å². The van der Waals surface area contributed by atoms with Crippen molar-refractivity contribution in [1.29, 1.82) is 0 Å². The lowest BCUT2D eigenvalue weighted by atomic mass is 9.53. The zero-order valence-electron chi connectivity index (χ0n) is 21.1. The Morgan fingerprint density at radius 3 is 2.26 bits per heavy atom. The topological polar surface area (TPSA) is 92.0 Å². The Bertz CT molecular complexity index is 904. The third-order valence-corrected chi connectivity index (χ3v) is 9.16. The molecule has 6 fully saturated rings. The average molecular weight is 485 g/mol. The molecular weight excluding hydrogens is 444 g/mol. The monoisotopic (exact) mass is 484 g/mol. The number of amides is 1. The average Bonchev–Trinajstić information content (AvgIpc) is 3.20. The molecule has 3 N–H and O–H groups in total. The van der Waals surface area contributed by atoms with E-state index in [1.54, 1.807) is 0 Å². The molecule has 2 spiro atoms. The fourth-order valence-electron chi connectivity index (χ4n) is 7.55. The number of carbonyl (C=O) groups excluding carboxylic acids is 1. The highest BCUT2D eigenvalue weighted by Gasteiger charge is 2.66. The molecule has 0 atom stereocenters. The van der Waals surface area contributed by atoms with Crippen molar-refractivity contribution in [3.63, 3.8) is 0 Å². The van der Waals surface area contributed by atoms with Gasteiger partial charge in [-0.25, -0.2) is 0 Å². The molecule has 7 heteroatoms. The van der Waals surface area contributed by atoms with Gasteiger partial charge in [-0.1, -0.05) is 12.1 Å². The summed E-state index contributed by atoms with van der Waals surface area (Å²) in [4.78, 5) is 24.2. The Hall–Kier alpha value is -1.67. The van der Waals surface area contributed by atoms with Crippen LogP contribution in [0.5, 0.6) is 5.75 Å². The highest BCUT2D eigenvalue weighted by molar-refractivity contribution is 5.77. The van der Waals surface area contributed by atoms with Crippen molar-refractivity contribution in [2.75, 3.05) is 13.2 Å². The normalized spacial score (nSPS) is 39.9. The van der Waals surface area contributed by atoms with E-state index in [-0.39, 0.29) is 12.5 Å². The number of hydrogen-bond acceptors (Lipinski definition) is 6. The maximum absolute atomic E-state index is 12.0. The van der Waals surface area contributed by atoms with Crippen LogP contribution in [-0.2, 0) is 19.3 Å². The fourth-order valence-corrected chi connectivity index (χ4v) is 7.55. The Labute approximate surface area is 208 Å². The van der Waals surface area contributed by atoms with E-state index in [9.17, 15) is 4.79 Å². The van der Waals surface area contributed by atoms with Gasteiger partial charge in [0.15, 0.2) is 6.61 Å². The number of benzene rings is 1. The first-order valence-corrected chi connectivity index (χ1v) is 13.6. The van der Waals surface area contributed by atoms with Crippen LogP contribution in [0.1, 0.15) is 83.1 Å². The molecule has 1 aromatic carbocycles. The maximum Gasteiger partial charge on any atom is 0.258 e. The van der Waals surface area contributed by atoms with Crippen molar-refractivity contribution in [3.05, 3.63) is 29.8 Å². The predicted octanol–water partition coefficient (Wildman–Crippen LogP) is 4.40. The van der Waals surface area contributed by atoms with Crippen LogP contribution in [0.15, 0.2) is 24.3 Å². The van der Waals surface area contributed by atoms with Crippen LogP contribution < -0.4 is 15.8 Å². The second-order valence-corrected chi connectivity index (χ2v) is 12.6. The Kier molecular flexibility index (Phi) is 5.91. The van der Waals surface area contributed by atoms with Crippen molar-refractivity contribution in [2.24, 2.45) is 29.4 Å². The molecular formula is C28H40N2O5. The summed E-state index contributed by atoms with van der Waals surface area (Å²) in [6.07, 6.45) is 10.2. The van der Waals surface area contributed by atoms with E-state index >= 15 is 0 Å². The number of nitrogens with two attached hydrogens (primary N) is 1. The molecule has 0 aromatic heterocycles. The smallest absolute Gasteiger partial charge is 0.258 e. The second-order valence-electron chi connectivity index (χ2n) is 12.6. The standard InChI is InChI=1S/C28H40N2O5/c1-26(2,29)17-30-25(31)16-32-24-5-3-20(4-6-24)21-7-9-27(10-8-21)33-28(35-34-27)22-12-18-11-19(14-22)15-23(28)13-18/h3-6,18-19,21-23H,7-17,29H2,1-2H3,(H,30,31). The predicted molar refractivity (Wildman–Crippen MR) is 130 cm³/mol. The van der Waals surface area contributed by atoms with Gasteiger partial charge in [-0.3, -0.25) is 4.79 Å². The molecule has 1 amide bonds. The van der Waals surface area contributed by atoms with Gasteiger partial charge in [-0.05, 0) is 94.2 Å².